The molecule has 0 saturated heterocycles. The first kappa shape index (κ1) is 15.3. The van der Waals surface area contributed by atoms with Gasteiger partial charge in [-0.2, -0.15) is 0 Å². The highest BCUT2D eigenvalue weighted by atomic mass is 32.2. The topological polar surface area (TPSA) is 60.4 Å². The van der Waals surface area contributed by atoms with Crippen molar-refractivity contribution in [2.45, 2.75) is 17.1 Å². The van der Waals surface area contributed by atoms with Crippen LogP contribution in [0.4, 0.5) is 0 Å². The average Bonchev–Trinajstić information content (AvgIpc) is 2.54. The van der Waals surface area contributed by atoms with Gasteiger partial charge >= 0.3 is 0 Å². The van der Waals surface area contributed by atoms with E-state index in [-0.39, 0.29) is 4.90 Å². The summed E-state index contributed by atoms with van der Waals surface area (Å²) in [5.41, 5.74) is 0.386. The number of carbonyl (C=O) groups is 1. The molecule has 0 spiro atoms. The van der Waals surface area contributed by atoms with Crippen LogP contribution in [0.15, 0.2) is 59.5 Å². The van der Waals surface area contributed by atoms with Crippen LogP contribution in [0, 0.1) is 0 Å². The monoisotopic (exact) mass is 304 g/mol. The molecule has 0 aliphatic carbocycles. The predicted octanol–water partition coefficient (Wildman–Crippen LogP) is 2.74. The molecule has 0 fully saturated rings. The number of ether oxygens (including phenoxy) is 1. The largest absolute Gasteiger partial charge is 0.497 e. The normalized spacial score (nSPS) is 12.7. The van der Waals surface area contributed by atoms with Crippen molar-refractivity contribution in [3.05, 3.63) is 60.2 Å². The molecular formula is C16H16O4S. The number of benzene rings is 2. The summed E-state index contributed by atoms with van der Waals surface area (Å²) < 4.78 is 30.1. The smallest absolute Gasteiger partial charge is 0.188 e. The molecule has 0 N–H and O–H groups in total. The van der Waals surface area contributed by atoms with Crippen molar-refractivity contribution in [1.29, 1.82) is 0 Å². The van der Waals surface area contributed by atoms with Gasteiger partial charge in [0, 0.05) is 5.56 Å². The second-order valence-corrected chi connectivity index (χ2v) is 6.87. The number of Topliss-reactive ketones (excluding diaryl/α,β-unsaturated/α-hetero) is 1. The molecule has 0 heterocycles. The molecule has 0 aliphatic heterocycles. The van der Waals surface area contributed by atoms with Crippen LogP contribution in [0.3, 0.4) is 0 Å². The van der Waals surface area contributed by atoms with Gasteiger partial charge in [-0.05, 0) is 25.1 Å². The van der Waals surface area contributed by atoms with E-state index in [2.05, 4.69) is 0 Å². The van der Waals surface area contributed by atoms with Crippen molar-refractivity contribution in [3.63, 3.8) is 0 Å². The second-order valence-electron chi connectivity index (χ2n) is 4.60. The van der Waals surface area contributed by atoms with Crippen LogP contribution < -0.4 is 4.74 Å². The lowest BCUT2D eigenvalue weighted by Gasteiger charge is -2.13. The predicted molar refractivity (Wildman–Crippen MR) is 80.4 cm³/mol. The first-order valence-electron chi connectivity index (χ1n) is 6.44. The standard InChI is InChI=1S/C16H16O4S/c1-12(16(17)13-7-4-3-5-8-13)21(18,19)15-10-6-9-14(11-15)20-2/h3-12H,1-2H3. The van der Waals surface area contributed by atoms with Crippen LogP contribution in [0.5, 0.6) is 5.75 Å². The zero-order valence-corrected chi connectivity index (χ0v) is 12.6. The van der Waals surface area contributed by atoms with Crippen molar-refractivity contribution >= 4 is 15.6 Å². The van der Waals surface area contributed by atoms with Gasteiger partial charge in [-0.15, -0.1) is 0 Å². The molecule has 0 aromatic heterocycles. The van der Waals surface area contributed by atoms with Gasteiger partial charge in [0.25, 0.3) is 0 Å². The maximum absolute atomic E-state index is 12.5. The maximum atomic E-state index is 12.5. The lowest BCUT2D eigenvalue weighted by Crippen LogP contribution is -2.27. The van der Waals surface area contributed by atoms with Crippen molar-refractivity contribution in [3.8, 4) is 5.75 Å². The summed E-state index contributed by atoms with van der Waals surface area (Å²) in [5, 5.41) is -1.15. The van der Waals surface area contributed by atoms with E-state index >= 15 is 0 Å². The fraction of sp³-hybridized carbons (Fsp3) is 0.188. The van der Waals surface area contributed by atoms with Crippen LogP contribution in [0.2, 0.25) is 0 Å². The highest BCUT2D eigenvalue weighted by molar-refractivity contribution is 7.92. The van der Waals surface area contributed by atoms with E-state index in [1.54, 1.807) is 42.5 Å². The lowest BCUT2D eigenvalue weighted by atomic mass is 10.1. The number of hydrogen-bond donors (Lipinski definition) is 0. The molecule has 0 aliphatic rings. The van der Waals surface area contributed by atoms with Crippen LogP contribution in [0.25, 0.3) is 0 Å². The number of carbonyl (C=O) groups excluding carboxylic acids is 1. The van der Waals surface area contributed by atoms with Gasteiger partial charge < -0.3 is 4.74 Å². The Labute approximate surface area is 124 Å². The van der Waals surface area contributed by atoms with Crippen LogP contribution in [0.1, 0.15) is 17.3 Å². The fourth-order valence-electron chi connectivity index (χ4n) is 1.96. The minimum absolute atomic E-state index is 0.0821. The van der Waals surface area contributed by atoms with E-state index in [9.17, 15) is 13.2 Å². The van der Waals surface area contributed by atoms with Crippen molar-refractivity contribution in [1.82, 2.24) is 0 Å². The number of hydrogen-bond acceptors (Lipinski definition) is 4. The van der Waals surface area contributed by atoms with Crippen molar-refractivity contribution in [2.75, 3.05) is 7.11 Å². The molecule has 4 nitrogen and oxygen atoms in total. The number of methoxy groups -OCH3 is 1. The van der Waals surface area contributed by atoms with E-state index in [4.69, 9.17) is 4.74 Å². The minimum Gasteiger partial charge on any atom is -0.497 e. The fourth-order valence-corrected chi connectivity index (χ4v) is 3.34. The van der Waals surface area contributed by atoms with E-state index in [0.717, 1.165) is 0 Å². The third-order valence-corrected chi connectivity index (χ3v) is 5.32. The van der Waals surface area contributed by atoms with Crippen LogP contribution >= 0.6 is 0 Å². The van der Waals surface area contributed by atoms with E-state index in [1.165, 1.54) is 26.2 Å². The van der Waals surface area contributed by atoms with Gasteiger partial charge in [-0.25, -0.2) is 8.42 Å². The third kappa shape index (κ3) is 3.13. The lowest BCUT2D eigenvalue weighted by molar-refractivity contribution is 0.0991. The molecule has 0 radical (unpaired) electrons. The Hall–Kier alpha value is -2.14. The van der Waals surface area contributed by atoms with Gasteiger partial charge in [0.2, 0.25) is 0 Å². The molecule has 21 heavy (non-hydrogen) atoms. The summed E-state index contributed by atoms with van der Waals surface area (Å²) >= 11 is 0. The third-order valence-electron chi connectivity index (χ3n) is 3.26. The Morgan fingerprint density at radius 2 is 1.71 bits per heavy atom. The van der Waals surface area contributed by atoms with Gasteiger partial charge in [0.05, 0.1) is 12.0 Å². The highest BCUT2D eigenvalue weighted by Crippen LogP contribution is 2.23. The summed E-state index contributed by atoms with van der Waals surface area (Å²) in [6.45, 7) is 1.41. The zero-order valence-electron chi connectivity index (χ0n) is 11.8. The first-order chi connectivity index (χ1) is 9.96. The molecule has 0 amide bonds. The number of sulfone groups is 1. The molecule has 110 valence electrons. The van der Waals surface area contributed by atoms with Crippen LogP contribution in [-0.2, 0) is 9.84 Å². The molecule has 1 unspecified atom stereocenters. The molecular weight excluding hydrogens is 288 g/mol. The average molecular weight is 304 g/mol. The Morgan fingerprint density at radius 1 is 1.05 bits per heavy atom. The highest BCUT2D eigenvalue weighted by Gasteiger charge is 2.30. The quantitative estimate of drug-likeness (QED) is 0.797. The molecule has 2 rings (SSSR count). The van der Waals surface area contributed by atoms with Crippen molar-refractivity contribution < 1.29 is 17.9 Å². The van der Waals surface area contributed by atoms with Gasteiger partial charge in [-0.3, -0.25) is 4.79 Å². The molecule has 1 atom stereocenters. The summed E-state index contributed by atoms with van der Waals surface area (Å²) in [6, 6.07) is 14.5. The van der Waals surface area contributed by atoms with Gasteiger partial charge in [0.15, 0.2) is 15.6 Å². The van der Waals surface area contributed by atoms with Crippen molar-refractivity contribution in [2.24, 2.45) is 0 Å². The SMILES string of the molecule is COc1cccc(S(=O)(=O)C(C)C(=O)c2ccccc2)c1. The minimum atomic E-state index is -3.75. The Morgan fingerprint density at radius 3 is 2.33 bits per heavy atom. The molecule has 5 heteroatoms. The van der Waals surface area contributed by atoms with Crippen LogP contribution in [-0.4, -0.2) is 26.6 Å². The van der Waals surface area contributed by atoms with E-state index < -0.39 is 20.9 Å². The summed E-state index contributed by atoms with van der Waals surface area (Å²) in [7, 11) is -2.29. The number of ketones is 1. The summed E-state index contributed by atoms with van der Waals surface area (Å²) in [4.78, 5) is 12.4. The van der Waals surface area contributed by atoms with Gasteiger partial charge in [-0.1, -0.05) is 36.4 Å². The summed E-state index contributed by atoms with van der Waals surface area (Å²) in [5.74, 6) is 0.0221. The molecule has 2 aromatic rings. The summed E-state index contributed by atoms with van der Waals surface area (Å²) in [6.07, 6.45) is 0. The Kier molecular flexibility index (Phi) is 4.43. The molecule has 0 saturated carbocycles. The molecule has 0 bridgehead atoms. The number of rotatable bonds is 5. The zero-order chi connectivity index (χ0) is 15.5. The first-order valence-corrected chi connectivity index (χ1v) is 7.98. The van der Waals surface area contributed by atoms with E-state index in [1.807, 2.05) is 0 Å². The second kappa shape index (κ2) is 6.10. The Balaban J connectivity index is 2.37. The Bertz CT molecular complexity index is 736. The molecule has 2 aromatic carbocycles. The maximum Gasteiger partial charge on any atom is 0.188 e. The van der Waals surface area contributed by atoms with E-state index in [0.29, 0.717) is 11.3 Å². The van der Waals surface area contributed by atoms with Gasteiger partial charge in [0.1, 0.15) is 11.0 Å².